The molecular weight excluding hydrogens is 266 g/mol. The van der Waals surface area contributed by atoms with Crippen LogP contribution in [-0.4, -0.2) is 27.4 Å². The van der Waals surface area contributed by atoms with E-state index in [2.05, 4.69) is 9.97 Å². The lowest BCUT2D eigenvalue weighted by molar-refractivity contribution is -0.145. The monoisotopic (exact) mass is 279 g/mol. The Hall–Kier alpha value is -1.62. The van der Waals surface area contributed by atoms with Gasteiger partial charge in [0.2, 0.25) is 0 Å². The largest absolute Gasteiger partial charge is 0.469 e. The SMILES string of the molecule is COC(=O)[C@H]1CC[C@@H](c2ncc3c(Cl)nccn23)C1. The summed E-state index contributed by atoms with van der Waals surface area (Å²) in [6.07, 6.45) is 7.83. The highest BCUT2D eigenvalue weighted by atomic mass is 35.5. The van der Waals surface area contributed by atoms with E-state index in [-0.39, 0.29) is 17.8 Å². The predicted octanol–water partition coefficient (Wildman–Crippen LogP) is 2.44. The number of esters is 1. The fourth-order valence-corrected chi connectivity index (χ4v) is 3.01. The fourth-order valence-electron chi connectivity index (χ4n) is 2.81. The van der Waals surface area contributed by atoms with Crippen LogP contribution in [0.4, 0.5) is 0 Å². The molecule has 0 radical (unpaired) electrons. The van der Waals surface area contributed by atoms with Gasteiger partial charge in [-0.25, -0.2) is 9.97 Å². The second-order valence-electron chi connectivity index (χ2n) is 4.82. The topological polar surface area (TPSA) is 56.5 Å². The summed E-state index contributed by atoms with van der Waals surface area (Å²) in [7, 11) is 1.44. The van der Waals surface area contributed by atoms with E-state index in [1.54, 1.807) is 12.4 Å². The molecule has 0 aromatic carbocycles. The highest BCUT2D eigenvalue weighted by Gasteiger charge is 2.33. The Bertz CT molecular complexity index is 625. The number of carbonyl (C=O) groups is 1. The maximum atomic E-state index is 11.6. The Kier molecular flexibility index (Phi) is 3.14. The van der Waals surface area contributed by atoms with Crippen LogP contribution in [0.5, 0.6) is 0 Å². The lowest BCUT2D eigenvalue weighted by Gasteiger charge is -2.09. The third kappa shape index (κ3) is 2.08. The highest BCUT2D eigenvalue weighted by molar-refractivity contribution is 6.32. The van der Waals surface area contributed by atoms with Crippen molar-refractivity contribution in [3.05, 3.63) is 29.6 Å². The smallest absolute Gasteiger partial charge is 0.308 e. The summed E-state index contributed by atoms with van der Waals surface area (Å²) >= 11 is 6.03. The summed E-state index contributed by atoms with van der Waals surface area (Å²) < 4.78 is 6.77. The number of fused-ring (bicyclic) bond motifs is 1. The molecule has 2 aromatic heterocycles. The third-order valence-electron chi connectivity index (χ3n) is 3.77. The van der Waals surface area contributed by atoms with Gasteiger partial charge in [-0.05, 0) is 19.3 Å². The van der Waals surface area contributed by atoms with E-state index in [1.165, 1.54) is 7.11 Å². The maximum Gasteiger partial charge on any atom is 0.308 e. The van der Waals surface area contributed by atoms with Crippen molar-refractivity contribution in [2.45, 2.75) is 25.2 Å². The number of rotatable bonds is 2. The average molecular weight is 280 g/mol. The first-order valence-corrected chi connectivity index (χ1v) is 6.63. The number of nitrogens with zero attached hydrogens (tertiary/aromatic N) is 3. The van der Waals surface area contributed by atoms with Crippen molar-refractivity contribution in [1.82, 2.24) is 14.4 Å². The molecule has 5 nitrogen and oxygen atoms in total. The number of hydrogen-bond acceptors (Lipinski definition) is 4. The molecular formula is C13H14ClN3O2. The van der Waals surface area contributed by atoms with Gasteiger partial charge >= 0.3 is 5.97 Å². The lowest BCUT2D eigenvalue weighted by Crippen LogP contribution is -2.13. The van der Waals surface area contributed by atoms with Gasteiger partial charge in [0.15, 0.2) is 5.15 Å². The molecule has 0 saturated heterocycles. The molecule has 1 aliphatic rings. The van der Waals surface area contributed by atoms with Crippen LogP contribution in [0.3, 0.4) is 0 Å². The molecule has 0 N–H and O–H groups in total. The van der Waals surface area contributed by atoms with E-state index >= 15 is 0 Å². The first-order chi connectivity index (χ1) is 9.20. The first-order valence-electron chi connectivity index (χ1n) is 6.26. The minimum Gasteiger partial charge on any atom is -0.469 e. The van der Waals surface area contributed by atoms with Crippen LogP contribution in [0, 0.1) is 5.92 Å². The third-order valence-corrected chi connectivity index (χ3v) is 4.06. The Morgan fingerprint density at radius 3 is 3.11 bits per heavy atom. The van der Waals surface area contributed by atoms with E-state index < -0.39 is 0 Å². The molecule has 2 heterocycles. The molecule has 1 fully saturated rings. The quantitative estimate of drug-likeness (QED) is 0.792. The molecule has 0 aliphatic heterocycles. The molecule has 19 heavy (non-hydrogen) atoms. The zero-order valence-corrected chi connectivity index (χ0v) is 11.3. The van der Waals surface area contributed by atoms with Crippen molar-refractivity contribution in [2.24, 2.45) is 5.92 Å². The van der Waals surface area contributed by atoms with Crippen molar-refractivity contribution in [2.75, 3.05) is 7.11 Å². The number of carbonyl (C=O) groups excluding carboxylic acids is 1. The molecule has 0 amide bonds. The zero-order valence-electron chi connectivity index (χ0n) is 10.5. The van der Waals surface area contributed by atoms with Crippen LogP contribution in [0.2, 0.25) is 5.15 Å². The average Bonchev–Trinajstić information content (AvgIpc) is 3.04. The molecule has 2 aromatic rings. The second kappa shape index (κ2) is 4.81. The van der Waals surface area contributed by atoms with Crippen LogP contribution in [0.25, 0.3) is 5.52 Å². The number of hydrogen-bond donors (Lipinski definition) is 0. The van der Waals surface area contributed by atoms with Crippen molar-refractivity contribution >= 4 is 23.1 Å². The normalized spacial score (nSPS) is 22.8. The van der Waals surface area contributed by atoms with Gasteiger partial charge in [0.1, 0.15) is 11.3 Å². The zero-order chi connectivity index (χ0) is 13.4. The molecule has 2 atom stereocenters. The van der Waals surface area contributed by atoms with E-state index in [4.69, 9.17) is 16.3 Å². The van der Waals surface area contributed by atoms with Gasteiger partial charge in [-0.3, -0.25) is 9.20 Å². The van der Waals surface area contributed by atoms with Gasteiger partial charge in [0.05, 0.1) is 19.2 Å². The van der Waals surface area contributed by atoms with Gasteiger partial charge in [-0.2, -0.15) is 0 Å². The van der Waals surface area contributed by atoms with Gasteiger partial charge < -0.3 is 4.74 Å². The Balaban J connectivity index is 1.90. The van der Waals surface area contributed by atoms with Crippen molar-refractivity contribution in [3.8, 4) is 0 Å². The molecule has 3 rings (SSSR count). The molecule has 100 valence electrons. The van der Waals surface area contributed by atoms with Crippen LogP contribution in [-0.2, 0) is 9.53 Å². The molecule has 6 heteroatoms. The fraction of sp³-hybridized carbons (Fsp3) is 0.462. The minimum atomic E-state index is -0.122. The maximum absolute atomic E-state index is 11.6. The van der Waals surface area contributed by atoms with Gasteiger partial charge in [0.25, 0.3) is 0 Å². The van der Waals surface area contributed by atoms with Crippen molar-refractivity contribution in [3.63, 3.8) is 0 Å². The van der Waals surface area contributed by atoms with E-state index in [0.717, 1.165) is 30.6 Å². The van der Waals surface area contributed by atoms with E-state index in [0.29, 0.717) is 5.15 Å². The summed E-state index contributed by atoms with van der Waals surface area (Å²) in [6, 6.07) is 0. The highest BCUT2D eigenvalue weighted by Crippen LogP contribution is 2.38. The number of imidazole rings is 1. The molecule has 1 aliphatic carbocycles. The standard InChI is InChI=1S/C13H14ClN3O2/c1-19-13(18)9-3-2-8(6-9)12-16-7-10-11(14)15-4-5-17(10)12/h4-5,7-9H,2-3,6H2,1H3/t8-,9+/m1/s1. The summed E-state index contributed by atoms with van der Waals surface area (Å²) in [6.45, 7) is 0. The lowest BCUT2D eigenvalue weighted by atomic mass is 10.0. The molecule has 1 saturated carbocycles. The van der Waals surface area contributed by atoms with Crippen molar-refractivity contribution < 1.29 is 9.53 Å². The van der Waals surface area contributed by atoms with Crippen LogP contribution < -0.4 is 0 Å². The number of methoxy groups -OCH3 is 1. The Morgan fingerprint density at radius 2 is 2.32 bits per heavy atom. The van der Waals surface area contributed by atoms with Crippen LogP contribution in [0.15, 0.2) is 18.6 Å². The minimum absolute atomic E-state index is 0.0142. The summed E-state index contributed by atoms with van der Waals surface area (Å²) in [5.41, 5.74) is 0.806. The van der Waals surface area contributed by atoms with E-state index in [1.807, 2.05) is 10.6 Å². The van der Waals surface area contributed by atoms with E-state index in [9.17, 15) is 4.79 Å². The Labute approximate surface area is 115 Å². The first kappa shape index (κ1) is 12.4. The number of aromatic nitrogens is 3. The molecule has 0 bridgehead atoms. The number of ether oxygens (including phenoxy) is 1. The predicted molar refractivity (Wildman–Crippen MR) is 70.1 cm³/mol. The summed E-state index contributed by atoms with van der Waals surface area (Å²) in [4.78, 5) is 20.0. The Morgan fingerprint density at radius 1 is 1.47 bits per heavy atom. The van der Waals surface area contributed by atoms with Crippen LogP contribution in [0.1, 0.15) is 31.0 Å². The second-order valence-corrected chi connectivity index (χ2v) is 5.18. The van der Waals surface area contributed by atoms with Gasteiger partial charge in [-0.1, -0.05) is 11.6 Å². The van der Waals surface area contributed by atoms with Crippen molar-refractivity contribution in [1.29, 1.82) is 0 Å². The summed E-state index contributed by atoms with van der Waals surface area (Å²) in [5, 5.41) is 0.448. The molecule has 0 spiro atoms. The van der Waals surface area contributed by atoms with Gasteiger partial charge in [0, 0.05) is 18.3 Å². The number of halogens is 1. The van der Waals surface area contributed by atoms with Gasteiger partial charge in [-0.15, -0.1) is 0 Å². The van der Waals surface area contributed by atoms with Crippen LogP contribution >= 0.6 is 11.6 Å². The molecule has 0 unspecified atom stereocenters. The summed E-state index contributed by atoms with van der Waals surface area (Å²) in [5.74, 6) is 1.08.